The number of carboxylic acid groups (broad SMARTS) is 2. The molecule has 4 aromatic rings. The van der Waals surface area contributed by atoms with Crippen LogP contribution in [0.15, 0.2) is 54.0 Å². The van der Waals surface area contributed by atoms with Crippen molar-refractivity contribution in [3.8, 4) is 11.6 Å². The Hall–Kier alpha value is -3.98. The summed E-state index contributed by atoms with van der Waals surface area (Å²) in [7, 11) is 1.66. The second kappa shape index (κ2) is 9.68. The van der Waals surface area contributed by atoms with Crippen LogP contribution in [0.2, 0.25) is 0 Å². The van der Waals surface area contributed by atoms with Gasteiger partial charge >= 0.3 is 11.9 Å². The molecule has 0 radical (unpaired) electrons. The van der Waals surface area contributed by atoms with Gasteiger partial charge in [0.1, 0.15) is 17.4 Å². The van der Waals surface area contributed by atoms with Gasteiger partial charge in [0.25, 0.3) is 0 Å². The molecule has 2 N–H and O–H groups in total. The monoisotopic (exact) mass is 437 g/mol. The number of pyridine rings is 1. The first-order valence-electron chi connectivity index (χ1n) is 9.07. The molecule has 0 saturated heterocycles. The summed E-state index contributed by atoms with van der Waals surface area (Å²) in [4.78, 5) is 28.7. The maximum atomic E-state index is 9.10. The van der Waals surface area contributed by atoms with Crippen molar-refractivity contribution in [3.63, 3.8) is 0 Å². The smallest absolute Gasteiger partial charge is 0.414 e. The van der Waals surface area contributed by atoms with Crippen LogP contribution in [0.4, 0.5) is 0 Å². The van der Waals surface area contributed by atoms with Crippen LogP contribution in [-0.4, -0.2) is 43.8 Å². The molecular weight excluding hydrogens is 418 g/mol. The molecule has 158 valence electrons. The van der Waals surface area contributed by atoms with Gasteiger partial charge in [-0.15, -0.1) is 11.3 Å². The van der Waals surface area contributed by atoms with E-state index in [0.29, 0.717) is 0 Å². The summed E-state index contributed by atoms with van der Waals surface area (Å²) in [5.74, 6) is -1.17. The highest BCUT2D eigenvalue weighted by atomic mass is 32.1. The summed E-state index contributed by atoms with van der Waals surface area (Å²) in [5, 5.41) is 16.9. The Morgan fingerprint density at radius 2 is 1.87 bits per heavy atom. The predicted molar refractivity (Wildman–Crippen MR) is 119 cm³/mol. The van der Waals surface area contributed by atoms with Gasteiger partial charge in [0.2, 0.25) is 0 Å². The first-order chi connectivity index (χ1) is 14.9. The number of aromatic nitrogens is 3. The molecule has 0 spiro atoms. The molecule has 3 heterocycles. The van der Waals surface area contributed by atoms with Crippen LogP contribution in [-0.2, 0) is 9.59 Å². The topological polar surface area (TPSA) is 115 Å². The number of benzene rings is 1. The fourth-order valence-corrected chi connectivity index (χ4v) is 3.57. The lowest BCUT2D eigenvalue weighted by Crippen LogP contribution is -2.09. The standard InChI is InChI=1S/C20H17N3OS.C2H2O4/c1-14-10-12-25-18(14)8-9-20-22-16-13-15(24-2)6-7-17(16)23(20)19-5-3-4-11-21-19;3-1(4)2(5)6/h3-13H,1-2H3;(H,3,4)(H,5,6)/b9-8+;. The van der Waals surface area contributed by atoms with Gasteiger partial charge < -0.3 is 14.9 Å². The van der Waals surface area contributed by atoms with E-state index in [1.165, 1.54) is 10.4 Å². The fraction of sp³-hybridized carbons (Fsp3) is 0.0909. The van der Waals surface area contributed by atoms with Crippen molar-refractivity contribution in [3.05, 3.63) is 70.3 Å². The molecule has 0 bridgehead atoms. The number of thiophene rings is 1. The molecule has 9 heteroatoms. The largest absolute Gasteiger partial charge is 0.497 e. The summed E-state index contributed by atoms with van der Waals surface area (Å²) in [6.07, 6.45) is 5.94. The Kier molecular flexibility index (Phi) is 6.78. The summed E-state index contributed by atoms with van der Waals surface area (Å²) in [5.41, 5.74) is 3.15. The number of carboxylic acids is 2. The van der Waals surface area contributed by atoms with E-state index in [1.54, 1.807) is 24.6 Å². The van der Waals surface area contributed by atoms with Gasteiger partial charge in [0, 0.05) is 17.1 Å². The Morgan fingerprint density at radius 3 is 2.45 bits per heavy atom. The summed E-state index contributed by atoms with van der Waals surface area (Å²) < 4.78 is 7.39. The highest BCUT2D eigenvalue weighted by Crippen LogP contribution is 2.26. The number of imidazole rings is 1. The van der Waals surface area contributed by atoms with E-state index in [2.05, 4.69) is 34.0 Å². The zero-order valence-corrected chi connectivity index (χ0v) is 17.5. The third-order valence-corrected chi connectivity index (χ3v) is 5.22. The molecule has 1 aromatic carbocycles. The van der Waals surface area contributed by atoms with Crippen molar-refractivity contribution < 1.29 is 24.5 Å². The fourth-order valence-electron chi connectivity index (χ4n) is 2.75. The van der Waals surface area contributed by atoms with Crippen LogP contribution in [0.5, 0.6) is 5.75 Å². The molecule has 0 saturated carbocycles. The van der Waals surface area contributed by atoms with Gasteiger partial charge in [-0.25, -0.2) is 19.6 Å². The maximum absolute atomic E-state index is 9.10. The number of nitrogens with zero attached hydrogens (tertiary/aromatic N) is 3. The number of methoxy groups -OCH3 is 1. The minimum Gasteiger partial charge on any atom is -0.497 e. The van der Waals surface area contributed by atoms with Crippen LogP contribution >= 0.6 is 11.3 Å². The van der Waals surface area contributed by atoms with Crippen molar-refractivity contribution in [2.45, 2.75) is 6.92 Å². The molecule has 0 aliphatic carbocycles. The van der Waals surface area contributed by atoms with Crippen molar-refractivity contribution in [2.75, 3.05) is 7.11 Å². The molecule has 0 fully saturated rings. The summed E-state index contributed by atoms with van der Waals surface area (Å²) >= 11 is 1.72. The second-order valence-electron chi connectivity index (χ2n) is 6.26. The lowest BCUT2D eigenvalue weighted by Gasteiger charge is -2.06. The number of hydrogen-bond acceptors (Lipinski definition) is 6. The molecule has 0 amide bonds. The number of aryl methyl sites for hydroxylation is 1. The normalized spacial score (nSPS) is 10.6. The number of hydrogen-bond donors (Lipinski definition) is 2. The molecular formula is C22H19N3O5S. The molecule has 0 atom stereocenters. The van der Waals surface area contributed by atoms with Gasteiger partial charge in [0.15, 0.2) is 0 Å². The van der Waals surface area contributed by atoms with Crippen LogP contribution in [0, 0.1) is 6.92 Å². The molecule has 0 aliphatic heterocycles. The third kappa shape index (κ3) is 5.14. The van der Waals surface area contributed by atoms with Crippen LogP contribution in [0.1, 0.15) is 16.3 Å². The van der Waals surface area contributed by atoms with E-state index < -0.39 is 11.9 Å². The van der Waals surface area contributed by atoms with Crippen molar-refractivity contribution >= 4 is 46.5 Å². The molecule has 0 aliphatic rings. The first kappa shape index (κ1) is 21.7. The summed E-state index contributed by atoms with van der Waals surface area (Å²) in [6, 6.07) is 13.9. The maximum Gasteiger partial charge on any atom is 0.414 e. The van der Waals surface area contributed by atoms with E-state index in [1.807, 2.05) is 42.5 Å². The summed E-state index contributed by atoms with van der Waals surface area (Å²) in [6.45, 7) is 2.11. The molecule has 0 unspecified atom stereocenters. The average Bonchev–Trinajstić information content (AvgIpc) is 3.35. The van der Waals surface area contributed by atoms with E-state index >= 15 is 0 Å². The first-order valence-corrected chi connectivity index (χ1v) is 9.95. The Bertz CT molecular complexity index is 1230. The van der Waals surface area contributed by atoms with Gasteiger partial charge in [-0.05, 0) is 60.4 Å². The van der Waals surface area contributed by atoms with Gasteiger partial charge in [0.05, 0.1) is 18.1 Å². The van der Waals surface area contributed by atoms with Crippen LogP contribution in [0.25, 0.3) is 29.0 Å². The molecule has 4 rings (SSSR count). The second-order valence-corrected chi connectivity index (χ2v) is 7.21. The van der Waals surface area contributed by atoms with E-state index in [4.69, 9.17) is 29.5 Å². The van der Waals surface area contributed by atoms with Crippen LogP contribution < -0.4 is 4.74 Å². The zero-order chi connectivity index (χ0) is 22.4. The highest BCUT2D eigenvalue weighted by Gasteiger charge is 2.12. The van der Waals surface area contributed by atoms with Gasteiger partial charge in [-0.3, -0.25) is 4.57 Å². The Morgan fingerprint density at radius 1 is 1.10 bits per heavy atom. The molecule has 8 nitrogen and oxygen atoms in total. The van der Waals surface area contributed by atoms with Gasteiger partial charge in [-0.2, -0.15) is 0 Å². The number of carbonyl (C=O) groups is 2. The van der Waals surface area contributed by atoms with E-state index in [-0.39, 0.29) is 0 Å². The van der Waals surface area contributed by atoms with Crippen LogP contribution in [0.3, 0.4) is 0 Å². The number of fused-ring (bicyclic) bond motifs is 1. The average molecular weight is 437 g/mol. The lowest BCUT2D eigenvalue weighted by atomic mass is 10.3. The van der Waals surface area contributed by atoms with Crippen molar-refractivity contribution in [1.29, 1.82) is 0 Å². The Labute approximate surface area is 181 Å². The number of aliphatic carboxylic acids is 2. The Balaban J connectivity index is 0.000000401. The lowest BCUT2D eigenvalue weighted by molar-refractivity contribution is -0.159. The van der Waals surface area contributed by atoms with E-state index in [0.717, 1.165) is 28.4 Å². The molecule has 31 heavy (non-hydrogen) atoms. The quantitative estimate of drug-likeness (QED) is 0.461. The predicted octanol–water partition coefficient (Wildman–Crippen LogP) is 4.13. The number of ether oxygens (including phenoxy) is 1. The van der Waals surface area contributed by atoms with E-state index in [9.17, 15) is 0 Å². The SMILES string of the molecule is COc1ccc2c(c1)nc(/C=C/c1sccc1C)n2-c1ccccn1.O=C(O)C(=O)O. The van der Waals surface area contributed by atoms with Gasteiger partial charge in [-0.1, -0.05) is 6.07 Å². The zero-order valence-electron chi connectivity index (χ0n) is 16.7. The number of rotatable bonds is 4. The van der Waals surface area contributed by atoms with Crippen molar-refractivity contribution in [2.24, 2.45) is 0 Å². The van der Waals surface area contributed by atoms with Crippen molar-refractivity contribution in [1.82, 2.24) is 14.5 Å². The molecule has 3 aromatic heterocycles. The minimum absolute atomic E-state index is 0.794. The minimum atomic E-state index is -1.82. The highest BCUT2D eigenvalue weighted by molar-refractivity contribution is 7.11. The third-order valence-electron chi connectivity index (χ3n) is 4.23.